The van der Waals surface area contributed by atoms with E-state index >= 15 is 0 Å². The van der Waals surface area contributed by atoms with Crippen molar-refractivity contribution < 1.29 is 13.2 Å². The van der Waals surface area contributed by atoms with Crippen molar-refractivity contribution in [3.63, 3.8) is 0 Å². The van der Waals surface area contributed by atoms with Crippen molar-refractivity contribution in [1.29, 1.82) is 0 Å². The molecule has 0 amide bonds. The Bertz CT molecular complexity index is 497. The van der Waals surface area contributed by atoms with E-state index in [4.69, 9.17) is 4.74 Å². The summed E-state index contributed by atoms with van der Waals surface area (Å²) in [4.78, 5) is 0. The first kappa shape index (κ1) is 15.0. The zero-order valence-electron chi connectivity index (χ0n) is 11.4. The minimum Gasteiger partial charge on any atom is -0.496 e. The molecule has 5 heteroatoms. The van der Waals surface area contributed by atoms with Gasteiger partial charge in [0.2, 0.25) is 0 Å². The smallest absolute Gasteiger partial charge is 0.147 e. The summed E-state index contributed by atoms with van der Waals surface area (Å²) in [6.45, 7) is 2.01. The highest BCUT2D eigenvalue weighted by atomic mass is 32.2. The second-order valence-electron chi connectivity index (χ2n) is 4.51. The van der Waals surface area contributed by atoms with Crippen molar-refractivity contribution in [2.24, 2.45) is 0 Å². The van der Waals surface area contributed by atoms with E-state index in [-0.39, 0.29) is 11.8 Å². The zero-order valence-corrected chi connectivity index (χ0v) is 12.2. The van der Waals surface area contributed by atoms with Crippen molar-refractivity contribution in [3.8, 4) is 5.75 Å². The molecule has 0 radical (unpaired) electrons. The molecule has 1 unspecified atom stereocenters. The summed E-state index contributed by atoms with van der Waals surface area (Å²) in [7, 11) is 0.503. The summed E-state index contributed by atoms with van der Waals surface area (Å²) >= 11 is 0. The van der Waals surface area contributed by atoms with Crippen LogP contribution in [0.15, 0.2) is 18.2 Å². The summed E-state index contributed by atoms with van der Waals surface area (Å²) in [5.74, 6) is 0.948. The summed E-state index contributed by atoms with van der Waals surface area (Å²) < 4.78 is 27.8. The molecule has 0 saturated heterocycles. The Labute approximate surface area is 109 Å². The molecule has 0 bridgehead atoms. The van der Waals surface area contributed by atoms with Crippen LogP contribution in [-0.4, -0.2) is 34.6 Å². The highest BCUT2D eigenvalue weighted by molar-refractivity contribution is 7.90. The molecule has 4 nitrogen and oxygen atoms in total. The van der Waals surface area contributed by atoms with Gasteiger partial charge < -0.3 is 10.1 Å². The molecule has 1 N–H and O–H groups in total. The summed E-state index contributed by atoms with van der Waals surface area (Å²) in [6.07, 6.45) is 1.79. The average Bonchev–Trinajstić information content (AvgIpc) is 2.28. The standard InChI is InChI=1S/C13H21NO3S/c1-10-5-6-13(17-3)11(9-10)12(14-2)7-8-18(4,15)16/h5-6,9,12,14H,7-8H2,1-4H3. The monoisotopic (exact) mass is 271 g/mol. The molecular weight excluding hydrogens is 250 g/mol. The fourth-order valence-electron chi connectivity index (χ4n) is 1.91. The van der Waals surface area contributed by atoms with E-state index < -0.39 is 9.84 Å². The largest absolute Gasteiger partial charge is 0.496 e. The topological polar surface area (TPSA) is 55.4 Å². The van der Waals surface area contributed by atoms with Gasteiger partial charge in [-0.2, -0.15) is 0 Å². The van der Waals surface area contributed by atoms with Gasteiger partial charge in [0.25, 0.3) is 0 Å². The van der Waals surface area contributed by atoms with Gasteiger partial charge in [0.05, 0.1) is 12.9 Å². The molecule has 0 aliphatic carbocycles. The van der Waals surface area contributed by atoms with E-state index in [0.29, 0.717) is 6.42 Å². The third kappa shape index (κ3) is 4.31. The first-order valence-electron chi connectivity index (χ1n) is 5.87. The molecule has 1 aromatic carbocycles. The Kier molecular flexibility index (Phi) is 5.16. The van der Waals surface area contributed by atoms with E-state index in [0.717, 1.165) is 16.9 Å². The highest BCUT2D eigenvalue weighted by Crippen LogP contribution is 2.28. The lowest BCUT2D eigenvalue weighted by Crippen LogP contribution is -2.20. The van der Waals surface area contributed by atoms with Gasteiger partial charge in [0, 0.05) is 17.9 Å². The van der Waals surface area contributed by atoms with Gasteiger partial charge >= 0.3 is 0 Å². The van der Waals surface area contributed by atoms with E-state index in [9.17, 15) is 8.42 Å². The van der Waals surface area contributed by atoms with Crippen LogP contribution in [0.25, 0.3) is 0 Å². The Morgan fingerprint density at radius 3 is 2.56 bits per heavy atom. The molecule has 0 saturated carbocycles. The zero-order chi connectivity index (χ0) is 13.8. The molecule has 0 spiro atoms. The first-order valence-corrected chi connectivity index (χ1v) is 7.93. The van der Waals surface area contributed by atoms with Gasteiger partial charge in [-0.05, 0) is 26.5 Å². The van der Waals surface area contributed by atoms with Crippen LogP contribution in [0.1, 0.15) is 23.6 Å². The van der Waals surface area contributed by atoms with Gasteiger partial charge in [0.1, 0.15) is 15.6 Å². The maximum atomic E-state index is 11.2. The number of nitrogens with one attached hydrogen (secondary N) is 1. The van der Waals surface area contributed by atoms with Crippen LogP contribution in [0, 0.1) is 6.92 Å². The Balaban J connectivity index is 2.97. The molecule has 0 aliphatic heterocycles. The number of aryl methyl sites for hydroxylation is 1. The SMILES string of the molecule is CNC(CCS(C)(=O)=O)c1cc(C)ccc1OC. The molecule has 0 aliphatic rings. The quantitative estimate of drug-likeness (QED) is 0.855. The molecule has 1 atom stereocenters. The number of hydrogen-bond acceptors (Lipinski definition) is 4. The van der Waals surface area contributed by atoms with Gasteiger partial charge in [-0.1, -0.05) is 17.7 Å². The van der Waals surface area contributed by atoms with Crippen LogP contribution >= 0.6 is 0 Å². The molecule has 102 valence electrons. The maximum Gasteiger partial charge on any atom is 0.147 e. The van der Waals surface area contributed by atoms with E-state index in [1.807, 2.05) is 32.2 Å². The number of methoxy groups -OCH3 is 1. The molecule has 0 heterocycles. The van der Waals surface area contributed by atoms with E-state index in [2.05, 4.69) is 5.32 Å². The van der Waals surface area contributed by atoms with Crippen molar-refractivity contribution in [1.82, 2.24) is 5.32 Å². The molecule has 1 rings (SSSR count). The lowest BCUT2D eigenvalue weighted by atomic mass is 10.0. The number of rotatable bonds is 6. The third-order valence-corrected chi connectivity index (χ3v) is 3.86. The molecule has 18 heavy (non-hydrogen) atoms. The third-order valence-electron chi connectivity index (χ3n) is 2.89. The minimum atomic E-state index is -2.95. The Hall–Kier alpha value is -1.07. The number of hydrogen-bond donors (Lipinski definition) is 1. The van der Waals surface area contributed by atoms with Crippen molar-refractivity contribution >= 4 is 9.84 Å². The van der Waals surface area contributed by atoms with E-state index in [1.54, 1.807) is 7.11 Å². The molecule has 0 aromatic heterocycles. The van der Waals surface area contributed by atoms with Gasteiger partial charge in [0.15, 0.2) is 0 Å². The predicted molar refractivity (Wildman–Crippen MR) is 73.9 cm³/mol. The highest BCUT2D eigenvalue weighted by Gasteiger charge is 2.16. The fraction of sp³-hybridized carbons (Fsp3) is 0.538. The second kappa shape index (κ2) is 6.20. The van der Waals surface area contributed by atoms with Crippen molar-refractivity contribution in [2.45, 2.75) is 19.4 Å². The Morgan fingerprint density at radius 1 is 1.39 bits per heavy atom. The van der Waals surface area contributed by atoms with Crippen LogP contribution < -0.4 is 10.1 Å². The van der Waals surface area contributed by atoms with Crippen molar-refractivity contribution in [3.05, 3.63) is 29.3 Å². The molecule has 1 aromatic rings. The van der Waals surface area contributed by atoms with Crippen LogP contribution in [-0.2, 0) is 9.84 Å². The van der Waals surface area contributed by atoms with Crippen LogP contribution in [0.2, 0.25) is 0 Å². The fourth-order valence-corrected chi connectivity index (χ4v) is 2.58. The van der Waals surface area contributed by atoms with Crippen LogP contribution in [0.5, 0.6) is 5.75 Å². The van der Waals surface area contributed by atoms with Crippen LogP contribution in [0.4, 0.5) is 0 Å². The predicted octanol–water partition coefficient (Wildman–Crippen LogP) is 1.70. The molecule has 0 fully saturated rings. The minimum absolute atomic E-state index is 0.0189. The maximum absolute atomic E-state index is 11.2. The molecular formula is C13H21NO3S. The van der Waals surface area contributed by atoms with Gasteiger partial charge in [-0.3, -0.25) is 0 Å². The average molecular weight is 271 g/mol. The van der Waals surface area contributed by atoms with Gasteiger partial charge in [-0.25, -0.2) is 8.42 Å². The summed E-state index contributed by atoms with van der Waals surface area (Å²) in [5.41, 5.74) is 2.13. The summed E-state index contributed by atoms with van der Waals surface area (Å²) in [6, 6.07) is 5.90. The van der Waals surface area contributed by atoms with Crippen molar-refractivity contribution in [2.75, 3.05) is 26.2 Å². The first-order chi connectivity index (χ1) is 8.37. The second-order valence-corrected chi connectivity index (χ2v) is 6.76. The summed E-state index contributed by atoms with van der Waals surface area (Å²) in [5, 5.41) is 3.15. The lowest BCUT2D eigenvalue weighted by molar-refractivity contribution is 0.400. The Morgan fingerprint density at radius 2 is 2.06 bits per heavy atom. The number of ether oxygens (including phenoxy) is 1. The normalized spacial score (nSPS) is 13.3. The lowest BCUT2D eigenvalue weighted by Gasteiger charge is -2.19. The van der Waals surface area contributed by atoms with Crippen LogP contribution in [0.3, 0.4) is 0 Å². The number of benzene rings is 1. The van der Waals surface area contributed by atoms with E-state index in [1.165, 1.54) is 6.26 Å². The number of sulfone groups is 1. The van der Waals surface area contributed by atoms with Gasteiger partial charge in [-0.15, -0.1) is 0 Å².